The van der Waals surface area contributed by atoms with Crippen molar-refractivity contribution in [3.63, 3.8) is 0 Å². The zero-order valence-electron chi connectivity index (χ0n) is 19.1. The first kappa shape index (κ1) is 24.5. The number of nitrogens with one attached hydrogen (secondary N) is 2. The number of carbonyl (C=O) groups excluding carboxylic acids is 2. The smallest absolute Gasteiger partial charge is 0.321 e. The van der Waals surface area contributed by atoms with Crippen molar-refractivity contribution < 1.29 is 14.3 Å². The molecule has 0 saturated carbocycles. The molecule has 1 unspecified atom stereocenters. The summed E-state index contributed by atoms with van der Waals surface area (Å²) in [6.45, 7) is 13.5. The van der Waals surface area contributed by atoms with E-state index in [4.69, 9.17) is 10.6 Å². The van der Waals surface area contributed by atoms with Crippen LogP contribution in [0.1, 0.15) is 64.4 Å². The molecule has 0 aliphatic heterocycles. The van der Waals surface area contributed by atoms with Crippen LogP contribution < -0.4 is 21.2 Å². The predicted octanol–water partition coefficient (Wildman–Crippen LogP) is 3.11. The first-order valence-corrected chi connectivity index (χ1v) is 11.0. The Morgan fingerprint density at radius 3 is 2.52 bits per heavy atom. The molecule has 9 nitrogen and oxygen atoms in total. The van der Waals surface area contributed by atoms with Crippen molar-refractivity contribution in [3.05, 3.63) is 35.2 Å². The van der Waals surface area contributed by atoms with Gasteiger partial charge in [0.25, 0.3) is 0 Å². The highest BCUT2D eigenvalue weighted by molar-refractivity contribution is 8.00. The van der Waals surface area contributed by atoms with Crippen molar-refractivity contribution >= 4 is 23.7 Å². The number of amides is 3. The number of rotatable bonds is 7. The van der Waals surface area contributed by atoms with Crippen molar-refractivity contribution in [2.75, 3.05) is 5.84 Å². The molecule has 0 aliphatic rings. The molecule has 1 aromatic carbocycles. The zero-order chi connectivity index (χ0) is 23.3. The summed E-state index contributed by atoms with van der Waals surface area (Å²) < 4.78 is 7.27. The Kier molecular flexibility index (Phi) is 7.94. The zero-order valence-corrected chi connectivity index (χ0v) is 20.0. The second kappa shape index (κ2) is 10.0. The summed E-state index contributed by atoms with van der Waals surface area (Å²) in [5, 5.41) is 12.9. The predicted molar refractivity (Wildman–Crippen MR) is 122 cm³/mol. The molecule has 10 heteroatoms. The Hall–Kier alpha value is -2.75. The highest BCUT2D eigenvalue weighted by Gasteiger charge is 2.23. The minimum atomic E-state index is -0.602. The third kappa shape index (κ3) is 7.16. The number of benzene rings is 1. The summed E-state index contributed by atoms with van der Waals surface area (Å²) in [7, 11) is 0. The highest BCUT2D eigenvalue weighted by Crippen LogP contribution is 2.28. The van der Waals surface area contributed by atoms with E-state index in [1.807, 2.05) is 33.8 Å². The minimum absolute atomic E-state index is 0.141. The monoisotopic (exact) mass is 448 g/mol. The van der Waals surface area contributed by atoms with Gasteiger partial charge >= 0.3 is 6.03 Å². The van der Waals surface area contributed by atoms with Crippen LogP contribution in [0.25, 0.3) is 0 Å². The van der Waals surface area contributed by atoms with Gasteiger partial charge in [0.05, 0.1) is 5.25 Å². The molecule has 2 rings (SSSR count). The van der Waals surface area contributed by atoms with Gasteiger partial charge in [-0.3, -0.25) is 10.1 Å². The fourth-order valence-corrected chi connectivity index (χ4v) is 3.46. The van der Waals surface area contributed by atoms with Gasteiger partial charge in [-0.05, 0) is 57.7 Å². The molecule has 3 amide bonds. The number of nitrogen functional groups attached to an aromatic ring is 1. The number of nitrogens with zero attached hydrogens (tertiary/aromatic N) is 3. The molecule has 170 valence electrons. The van der Waals surface area contributed by atoms with Crippen molar-refractivity contribution in [3.8, 4) is 5.75 Å². The molecule has 0 spiro atoms. The van der Waals surface area contributed by atoms with Crippen LogP contribution in [0, 0.1) is 6.92 Å². The Balaban J connectivity index is 2.00. The number of ether oxygens (including phenoxy) is 1. The largest absolute Gasteiger partial charge is 0.485 e. The van der Waals surface area contributed by atoms with Gasteiger partial charge in [0.15, 0.2) is 5.82 Å². The van der Waals surface area contributed by atoms with E-state index < -0.39 is 22.7 Å². The van der Waals surface area contributed by atoms with Crippen molar-refractivity contribution in [1.82, 2.24) is 25.5 Å². The second-order valence-electron chi connectivity index (χ2n) is 8.71. The first-order chi connectivity index (χ1) is 14.4. The van der Waals surface area contributed by atoms with E-state index in [1.54, 1.807) is 6.92 Å². The van der Waals surface area contributed by atoms with Crippen LogP contribution in [0.3, 0.4) is 0 Å². The number of imide groups is 1. The molecule has 4 N–H and O–H groups in total. The summed E-state index contributed by atoms with van der Waals surface area (Å²) in [6.07, 6.45) is 0. The Morgan fingerprint density at radius 1 is 1.23 bits per heavy atom. The topological polar surface area (TPSA) is 124 Å². The average molecular weight is 449 g/mol. The fraction of sp³-hybridized carbons (Fsp3) is 0.524. The maximum absolute atomic E-state index is 12.3. The lowest BCUT2D eigenvalue weighted by molar-refractivity contribution is -0.119. The standard InChI is InChI=1S/C21H32N6O3S/c1-12(2)15-9-8-13(3)10-16(15)30-11-17-25-26-20(27(17)22)31-14(4)18(28)23-19(29)24-21(5,6)7/h8-10,12,14H,11,22H2,1-7H3,(H2,23,24,28,29). The van der Waals surface area contributed by atoms with Gasteiger partial charge in [-0.15, -0.1) is 10.2 Å². The summed E-state index contributed by atoms with van der Waals surface area (Å²) in [5.74, 6) is 7.18. The van der Waals surface area contributed by atoms with Crippen LogP contribution >= 0.6 is 11.8 Å². The van der Waals surface area contributed by atoms with Gasteiger partial charge < -0.3 is 15.9 Å². The summed E-state index contributed by atoms with van der Waals surface area (Å²) in [5.41, 5.74) is 1.75. The lowest BCUT2D eigenvalue weighted by atomic mass is 10.0. The molecular weight excluding hydrogens is 416 g/mol. The molecule has 1 heterocycles. The molecule has 0 saturated heterocycles. The van der Waals surface area contributed by atoms with Gasteiger partial charge in [0.1, 0.15) is 12.4 Å². The van der Waals surface area contributed by atoms with E-state index in [-0.39, 0.29) is 6.61 Å². The molecule has 0 fully saturated rings. The van der Waals surface area contributed by atoms with Gasteiger partial charge in [0.2, 0.25) is 11.1 Å². The minimum Gasteiger partial charge on any atom is -0.485 e. The van der Waals surface area contributed by atoms with E-state index in [9.17, 15) is 9.59 Å². The number of nitrogens with two attached hydrogens (primary N) is 1. The fourth-order valence-electron chi connectivity index (χ4n) is 2.67. The van der Waals surface area contributed by atoms with E-state index in [2.05, 4.69) is 46.8 Å². The number of aromatic nitrogens is 3. The Labute approximate surface area is 187 Å². The third-order valence-corrected chi connectivity index (χ3v) is 5.32. The lowest BCUT2D eigenvalue weighted by Gasteiger charge is -2.21. The number of thioether (sulfide) groups is 1. The third-order valence-electron chi connectivity index (χ3n) is 4.26. The van der Waals surface area contributed by atoms with Crippen LogP contribution in [-0.4, -0.2) is 37.6 Å². The van der Waals surface area contributed by atoms with Crippen LogP contribution in [0.2, 0.25) is 0 Å². The average Bonchev–Trinajstić information content (AvgIpc) is 2.97. The van der Waals surface area contributed by atoms with Gasteiger partial charge in [-0.2, -0.15) is 0 Å². The number of aryl methyl sites for hydroxylation is 1. The van der Waals surface area contributed by atoms with E-state index >= 15 is 0 Å². The number of urea groups is 1. The highest BCUT2D eigenvalue weighted by atomic mass is 32.2. The Morgan fingerprint density at radius 2 is 1.90 bits per heavy atom. The molecule has 1 atom stereocenters. The quantitative estimate of drug-likeness (QED) is 0.439. The van der Waals surface area contributed by atoms with Crippen LogP contribution in [0.15, 0.2) is 23.4 Å². The summed E-state index contributed by atoms with van der Waals surface area (Å²) in [4.78, 5) is 24.2. The molecule has 0 aliphatic carbocycles. The molecule has 0 radical (unpaired) electrons. The van der Waals surface area contributed by atoms with Gasteiger partial charge in [-0.1, -0.05) is 37.7 Å². The maximum atomic E-state index is 12.3. The van der Waals surface area contributed by atoms with Crippen molar-refractivity contribution in [1.29, 1.82) is 0 Å². The maximum Gasteiger partial charge on any atom is 0.321 e. The second-order valence-corrected chi connectivity index (χ2v) is 10.0. The van der Waals surface area contributed by atoms with Gasteiger partial charge in [-0.25, -0.2) is 9.47 Å². The first-order valence-electron chi connectivity index (χ1n) is 10.1. The van der Waals surface area contributed by atoms with Gasteiger partial charge in [0, 0.05) is 5.54 Å². The van der Waals surface area contributed by atoms with Crippen molar-refractivity contribution in [2.45, 2.75) is 76.9 Å². The van der Waals surface area contributed by atoms with Crippen LogP contribution in [0.5, 0.6) is 5.75 Å². The summed E-state index contributed by atoms with van der Waals surface area (Å²) >= 11 is 1.11. The molecule has 2 aromatic rings. The SMILES string of the molecule is Cc1ccc(C(C)C)c(OCc2nnc(SC(C)C(=O)NC(=O)NC(C)(C)C)n2N)c1. The Bertz CT molecular complexity index is 936. The van der Waals surface area contributed by atoms with E-state index in [0.717, 1.165) is 28.6 Å². The number of carbonyl (C=O) groups is 2. The van der Waals surface area contributed by atoms with Crippen LogP contribution in [0.4, 0.5) is 4.79 Å². The molecule has 0 bridgehead atoms. The lowest BCUT2D eigenvalue weighted by Crippen LogP contribution is -2.49. The number of hydrogen-bond acceptors (Lipinski definition) is 7. The molecular formula is C21H32N6O3S. The van der Waals surface area contributed by atoms with E-state index in [1.165, 1.54) is 4.68 Å². The number of hydrogen-bond donors (Lipinski definition) is 3. The van der Waals surface area contributed by atoms with Crippen LogP contribution in [-0.2, 0) is 11.4 Å². The molecule has 1 aromatic heterocycles. The summed E-state index contributed by atoms with van der Waals surface area (Å²) in [6, 6.07) is 5.54. The molecule has 31 heavy (non-hydrogen) atoms. The normalized spacial score (nSPS) is 12.5. The van der Waals surface area contributed by atoms with Crippen molar-refractivity contribution in [2.24, 2.45) is 0 Å². The van der Waals surface area contributed by atoms with E-state index in [0.29, 0.717) is 16.9 Å².